The van der Waals surface area contributed by atoms with Crippen LogP contribution in [0.25, 0.3) is 0 Å². The Labute approximate surface area is 93.0 Å². The lowest BCUT2D eigenvalue weighted by molar-refractivity contribution is -0.136. The highest BCUT2D eigenvalue weighted by molar-refractivity contribution is 5.72. The summed E-state index contributed by atoms with van der Waals surface area (Å²) in [6.07, 6.45) is -0.770. The van der Waals surface area contributed by atoms with Gasteiger partial charge in [-0.1, -0.05) is 17.7 Å². The molecule has 5 heteroatoms. The summed E-state index contributed by atoms with van der Waals surface area (Å²) in [5, 5.41) is 10.7. The number of carbonyl (C=O) groups is 2. The maximum Gasteiger partial charge on any atom is 0.412 e. The second-order valence-electron chi connectivity index (χ2n) is 3.27. The number of hydrogen-bond donors (Lipinski definition) is 2. The van der Waals surface area contributed by atoms with Crippen molar-refractivity contribution in [2.45, 2.75) is 13.3 Å². The monoisotopic (exact) mass is 223 g/mol. The van der Waals surface area contributed by atoms with Gasteiger partial charge in [0, 0.05) is 6.54 Å². The maximum absolute atomic E-state index is 11.2. The van der Waals surface area contributed by atoms with Crippen LogP contribution in [0, 0.1) is 6.92 Å². The lowest BCUT2D eigenvalue weighted by Gasteiger charge is -2.05. The average molecular weight is 223 g/mol. The summed E-state index contributed by atoms with van der Waals surface area (Å²) in [6.45, 7) is 1.98. The van der Waals surface area contributed by atoms with E-state index < -0.39 is 12.1 Å². The van der Waals surface area contributed by atoms with Gasteiger partial charge in [0.15, 0.2) is 0 Å². The Morgan fingerprint density at radius 1 is 1.31 bits per heavy atom. The van der Waals surface area contributed by atoms with Crippen molar-refractivity contribution in [3.05, 3.63) is 29.8 Å². The van der Waals surface area contributed by atoms with Gasteiger partial charge >= 0.3 is 12.1 Å². The molecular formula is C11H13NO4. The molecule has 1 aromatic carbocycles. The third-order valence-corrected chi connectivity index (χ3v) is 1.84. The quantitative estimate of drug-likeness (QED) is 0.812. The number of carboxylic acids is 1. The molecule has 16 heavy (non-hydrogen) atoms. The standard InChI is InChI=1S/C11H13NO4/c1-8-2-4-9(5-3-8)16-11(15)12-7-6-10(13)14/h2-5H,6-7H2,1H3,(H,12,15)(H,13,14). The van der Waals surface area contributed by atoms with Crippen molar-refractivity contribution in [3.63, 3.8) is 0 Å². The molecular weight excluding hydrogens is 210 g/mol. The number of aryl methyl sites for hydroxylation is 1. The highest BCUT2D eigenvalue weighted by atomic mass is 16.6. The summed E-state index contributed by atoms with van der Waals surface area (Å²) in [4.78, 5) is 21.3. The number of nitrogens with one attached hydrogen (secondary N) is 1. The van der Waals surface area contributed by atoms with Gasteiger partial charge in [-0.3, -0.25) is 4.79 Å². The molecule has 0 spiro atoms. The number of amides is 1. The summed E-state index contributed by atoms with van der Waals surface area (Å²) in [6, 6.07) is 6.98. The first kappa shape index (κ1) is 12.0. The zero-order valence-corrected chi connectivity index (χ0v) is 8.90. The molecule has 0 saturated heterocycles. The Morgan fingerprint density at radius 3 is 2.50 bits per heavy atom. The number of carbonyl (C=O) groups excluding carboxylic acids is 1. The van der Waals surface area contributed by atoms with Gasteiger partial charge < -0.3 is 15.2 Å². The molecule has 0 bridgehead atoms. The smallest absolute Gasteiger partial charge is 0.412 e. The molecule has 0 heterocycles. The van der Waals surface area contributed by atoms with Gasteiger partial charge in [-0.05, 0) is 19.1 Å². The zero-order valence-electron chi connectivity index (χ0n) is 8.90. The Hall–Kier alpha value is -2.04. The van der Waals surface area contributed by atoms with Crippen LogP contribution in [-0.4, -0.2) is 23.7 Å². The molecule has 0 aliphatic carbocycles. The summed E-state index contributed by atoms with van der Waals surface area (Å²) < 4.78 is 4.91. The molecule has 1 rings (SSSR count). The van der Waals surface area contributed by atoms with Gasteiger partial charge in [-0.25, -0.2) is 4.79 Å². The number of rotatable bonds is 4. The van der Waals surface area contributed by atoms with E-state index in [0.717, 1.165) is 5.56 Å². The fourth-order valence-corrected chi connectivity index (χ4v) is 1.02. The van der Waals surface area contributed by atoms with E-state index in [-0.39, 0.29) is 13.0 Å². The van der Waals surface area contributed by atoms with Gasteiger partial charge in [-0.15, -0.1) is 0 Å². The minimum Gasteiger partial charge on any atom is -0.481 e. The van der Waals surface area contributed by atoms with Crippen LogP contribution in [0.15, 0.2) is 24.3 Å². The van der Waals surface area contributed by atoms with Gasteiger partial charge in [0.25, 0.3) is 0 Å². The third kappa shape index (κ3) is 4.45. The minimum atomic E-state index is -0.962. The molecule has 0 aliphatic rings. The number of carboxylic acid groups (broad SMARTS) is 1. The first-order chi connectivity index (χ1) is 7.58. The van der Waals surface area contributed by atoms with E-state index in [9.17, 15) is 9.59 Å². The topological polar surface area (TPSA) is 75.6 Å². The molecule has 0 saturated carbocycles. The van der Waals surface area contributed by atoms with Crippen molar-refractivity contribution in [1.82, 2.24) is 5.32 Å². The molecule has 0 atom stereocenters. The normalized spacial score (nSPS) is 9.56. The van der Waals surface area contributed by atoms with E-state index in [2.05, 4.69) is 5.32 Å². The Bertz CT molecular complexity index is 372. The lowest BCUT2D eigenvalue weighted by atomic mass is 10.2. The van der Waals surface area contributed by atoms with Crippen LogP contribution >= 0.6 is 0 Å². The summed E-state index contributed by atoms with van der Waals surface area (Å²) in [5.74, 6) is -0.533. The molecule has 1 aromatic rings. The Balaban J connectivity index is 2.34. The third-order valence-electron chi connectivity index (χ3n) is 1.84. The highest BCUT2D eigenvalue weighted by Crippen LogP contribution is 2.11. The van der Waals surface area contributed by atoms with Crippen LogP contribution in [0.2, 0.25) is 0 Å². The van der Waals surface area contributed by atoms with Gasteiger partial charge in [0.05, 0.1) is 6.42 Å². The maximum atomic E-state index is 11.2. The van der Waals surface area contributed by atoms with E-state index >= 15 is 0 Å². The molecule has 0 radical (unpaired) electrons. The second kappa shape index (κ2) is 5.75. The van der Waals surface area contributed by atoms with Crippen molar-refractivity contribution in [2.24, 2.45) is 0 Å². The SMILES string of the molecule is Cc1ccc(OC(=O)NCCC(=O)O)cc1. The molecule has 2 N–H and O–H groups in total. The molecule has 5 nitrogen and oxygen atoms in total. The van der Waals surface area contributed by atoms with Crippen LogP contribution < -0.4 is 10.1 Å². The minimum absolute atomic E-state index is 0.0556. The van der Waals surface area contributed by atoms with Gasteiger partial charge in [0.1, 0.15) is 5.75 Å². The molecule has 0 aliphatic heterocycles. The highest BCUT2D eigenvalue weighted by Gasteiger charge is 2.04. The average Bonchev–Trinajstić information content (AvgIpc) is 2.21. The fraction of sp³-hybridized carbons (Fsp3) is 0.273. The van der Waals surface area contributed by atoms with E-state index in [1.54, 1.807) is 12.1 Å². The van der Waals surface area contributed by atoms with E-state index in [1.165, 1.54) is 0 Å². The van der Waals surface area contributed by atoms with Crippen LogP contribution in [-0.2, 0) is 4.79 Å². The van der Waals surface area contributed by atoms with Crippen LogP contribution in [0.4, 0.5) is 4.79 Å². The molecule has 0 aromatic heterocycles. The second-order valence-corrected chi connectivity index (χ2v) is 3.27. The first-order valence-corrected chi connectivity index (χ1v) is 4.82. The summed E-state index contributed by atoms with van der Waals surface area (Å²) in [7, 11) is 0. The van der Waals surface area contributed by atoms with Crippen molar-refractivity contribution in [1.29, 1.82) is 0 Å². The molecule has 0 fully saturated rings. The predicted molar refractivity (Wildman–Crippen MR) is 57.5 cm³/mol. The van der Waals surface area contributed by atoms with Crippen LogP contribution in [0.3, 0.4) is 0 Å². The van der Waals surface area contributed by atoms with Gasteiger partial charge in [-0.2, -0.15) is 0 Å². The number of aliphatic carboxylic acids is 1. The van der Waals surface area contributed by atoms with Crippen LogP contribution in [0.1, 0.15) is 12.0 Å². The van der Waals surface area contributed by atoms with E-state index in [4.69, 9.17) is 9.84 Å². The predicted octanol–water partition coefficient (Wildman–Crippen LogP) is 1.56. The largest absolute Gasteiger partial charge is 0.481 e. The Morgan fingerprint density at radius 2 is 1.94 bits per heavy atom. The number of hydrogen-bond acceptors (Lipinski definition) is 3. The molecule has 0 unspecified atom stereocenters. The molecule has 86 valence electrons. The van der Waals surface area contributed by atoms with Gasteiger partial charge in [0.2, 0.25) is 0 Å². The zero-order chi connectivity index (χ0) is 12.0. The van der Waals surface area contributed by atoms with Crippen molar-refractivity contribution in [2.75, 3.05) is 6.54 Å². The van der Waals surface area contributed by atoms with Crippen molar-refractivity contribution < 1.29 is 19.4 Å². The van der Waals surface area contributed by atoms with Crippen molar-refractivity contribution in [3.8, 4) is 5.75 Å². The Kier molecular flexibility index (Phi) is 4.32. The van der Waals surface area contributed by atoms with E-state index in [0.29, 0.717) is 5.75 Å². The summed E-state index contributed by atoms with van der Waals surface area (Å²) in [5.41, 5.74) is 1.07. The van der Waals surface area contributed by atoms with E-state index in [1.807, 2.05) is 19.1 Å². The lowest BCUT2D eigenvalue weighted by Crippen LogP contribution is -2.28. The molecule has 1 amide bonds. The first-order valence-electron chi connectivity index (χ1n) is 4.82. The van der Waals surface area contributed by atoms with Crippen molar-refractivity contribution >= 4 is 12.1 Å². The number of benzene rings is 1. The summed E-state index contributed by atoms with van der Waals surface area (Å²) >= 11 is 0. The van der Waals surface area contributed by atoms with Crippen LogP contribution in [0.5, 0.6) is 5.75 Å². The fourth-order valence-electron chi connectivity index (χ4n) is 1.02. The number of ether oxygens (including phenoxy) is 1.